The number of nitrogens with zero attached hydrogens (tertiary/aromatic N) is 2. The molecule has 1 saturated carbocycles. The van der Waals surface area contributed by atoms with Crippen LogP contribution < -0.4 is 16.7 Å². The number of carbonyl (C=O) groups is 2. The summed E-state index contributed by atoms with van der Waals surface area (Å²) in [5, 5.41) is 2.85. The van der Waals surface area contributed by atoms with Crippen molar-refractivity contribution in [3.8, 4) is 0 Å². The van der Waals surface area contributed by atoms with Gasteiger partial charge in [0.1, 0.15) is 6.54 Å². The number of nitrogens with one attached hydrogen (secondary N) is 1. The van der Waals surface area contributed by atoms with Gasteiger partial charge in [-0.25, -0.2) is 4.79 Å². The van der Waals surface area contributed by atoms with Crippen LogP contribution >= 0.6 is 0 Å². The van der Waals surface area contributed by atoms with Crippen LogP contribution in [0.15, 0.2) is 29.1 Å². The molecule has 3 N–H and O–H groups in total. The van der Waals surface area contributed by atoms with Gasteiger partial charge >= 0.3 is 5.69 Å². The molecular formula is C16H20N4O3. The highest BCUT2D eigenvalue weighted by Gasteiger charge is 2.32. The summed E-state index contributed by atoms with van der Waals surface area (Å²) in [6, 6.07) is 7.10. The van der Waals surface area contributed by atoms with Crippen molar-refractivity contribution in [3.63, 3.8) is 0 Å². The molecule has 2 atom stereocenters. The van der Waals surface area contributed by atoms with Crippen molar-refractivity contribution in [2.24, 2.45) is 18.7 Å². The van der Waals surface area contributed by atoms with Gasteiger partial charge in [-0.15, -0.1) is 0 Å². The van der Waals surface area contributed by atoms with Crippen LogP contribution in [-0.2, 0) is 23.2 Å². The third kappa shape index (κ3) is 2.74. The number of para-hydroxylation sites is 2. The predicted octanol–water partition coefficient (Wildman–Crippen LogP) is 0.110. The van der Waals surface area contributed by atoms with Crippen molar-refractivity contribution in [3.05, 3.63) is 34.7 Å². The molecule has 23 heavy (non-hydrogen) atoms. The molecule has 0 saturated heterocycles. The Morgan fingerprint density at radius 2 is 1.96 bits per heavy atom. The molecule has 1 aliphatic rings. The fourth-order valence-electron chi connectivity index (χ4n) is 3.39. The van der Waals surface area contributed by atoms with E-state index in [0.717, 1.165) is 18.4 Å². The molecule has 3 rings (SSSR count). The van der Waals surface area contributed by atoms with E-state index in [9.17, 15) is 14.4 Å². The number of rotatable bonds is 4. The number of primary amides is 1. The van der Waals surface area contributed by atoms with Gasteiger partial charge in [-0.1, -0.05) is 18.6 Å². The van der Waals surface area contributed by atoms with E-state index in [-0.39, 0.29) is 36.0 Å². The fourth-order valence-corrected chi connectivity index (χ4v) is 3.39. The molecule has 2 aromatic rings. The Hall–Kier alpha value is -2.57. The molecule has 0 spiro atoms. The van der Waals surface area contributed by atoms with Gasteiger partial charge in [-0.3, -0.25) is 18.7 Å². The van der Waals surface area contributed by atoms with Gasteiger partial charge in [-0.05, 0) is 25.0 Å². The van der Waals surface area contributed by atoms with E-state index in [1.807, 2.05) is 24.3 Å². The Balaban J connectivity index is 1.80. The van der Waals surface area contributed by atoms with Crippen molar-refractivity contribution < 1.29 is 9.59 Å². The molecule has 1 heterocycles. The standard InChI is InChI=1S/C16H20N4O3/c1-19-12-7-2-3-8-13(12)20(16(19)23)9-14(21)18-11-6-4-5-10(11)15(17)22/h2-3,7-8,10-11H,4-6,9H2,1H3,(H2,17,22)(H,18,21)/t10-,11+/m1/s1. The number of aromatic nitrogens is 2. The molecule has 0 unspecified atom stereocenters. The summed E-state index contributed by atoms with van der Waals surface area (Å²) in [6.07, 6.45) is 2.31. The molecule has 122 valence electrons. The van der Waals surface area contributed by atoms with Crippen molar-refractivity contribution >= 4 is 22.8 Å². The second-order valence-electron chi connectivity index (χ2n) is 6.03. The molecule has 1 aromatic carbocycles. The summed E-state index contributed by atoms with van der Waals surface area (Å²) in [4.78, 5) is 36.0. The van der Waals surface area contributed by atoms with Gasteiger partial charge in [0.05, 0.1) is 17.0 Å². The maximum atomic E-state index is 12.3. The Morgan fingerprint density at radius 3 is 2.65 bits per heavy atom. The number of hydrogen-bond donors (Lipinski definition) is 2. The first kappa shape index (κ1) is 15.3. The Labute approximate surface area is 133 Å². The molecule has 1 aliphatic carbocycles. The van der Waals surface area contributed by atoms with E-state index < -0.39 is 0 Å². The van der Waals surface area contributed by atoms with E-state index in [1.165, 1.54) is 9.13 Å². The molecular weight excluding hydrogens is 296 g/mol. The lowest BCUT2D eigenvalue weighted by Crippen LogP contribution is -2.44. The molecule has 2 amide bonds. The first-order chi connectivity index (χ1) is 11.0. The summed E-state index contributed by atoms with van der Waals surface area (Å²) >= 11 is 0. The summed E-state index contributed by atoms with van der Waals surface area (Å²) in [7, 11) is 1.68. The topological polar surface area (TPSA) is 99.1 Å². The van der Waals surface area contributed by atoms with E-state index in [0.29, 0.717) is 11.9 Å². The van der Waals surface area contributed by atoms with E-state index in [4.69, 9.17) is 5.73 Å². The van der Waals surface area contributed by atoms with Crippen molar-refractivity contribution in [2.75, 3.05) is 0 Å². The molecule has 7 heteroatoms. The highest BCUT2D eigenvalue weighted by Crippen LogP contribution is 2.25. The summed E-state index contributed by atoms with van der Waals surface area (Å²) in [5.41, 5.74) is 6.63. The minimum absolute atomic E-state index is 0.0673. The zero-order valence-corrected chi connectivity index (χ0v) is 13.0. The van der Waals surface area contributed by atoms with Crippen LogP contribution in [0.2, 0.25) is 0 Å². The van der Waals surface area contributed by atoms with Gasteiger partial charge in [0.2, 0.25) is 11.8 Å². The maximum absolute atomic E-state index is 12.3. The fraction of sp³-hybridized carbons (Fsp3) is 0.438. The zero-order valence-electron chi connectivity index (χ0n) is 13.0. The first-order valence-electron chi connectivity index (χ1n) is 7.72. The van der Waals surface area contributed by atoms with Gasteiger partial charge in [0.25, 0.3) is 0 Å². The minimum Gasteiger partial charge on any atom is -0.369 e. The number of nitrogens with two attached hydrogens (primary N) is 1. The van der Waals surface area contributed by atoms with Crippen LogP contribution in [-0.4, -0.2) is 27.0 Å². The largest absolute Gasteiger partial charge is 0.369 e. The lowest BCUT2D eigenvalue weighted by molar-refractivity contribution is -0.124. The highest BCUT2D eigenvalue weighted by atomic mass is 16.2. The number of hydrogen-bond acceptors (Lipinski definition) is 3. The minimum atomic E-state index is -0.380. The Morgan fingerprint density at radius 1 is 1.26 bits per heavy atom. The first-order valence-corrected chi connectivity index (χ1v) is 7.72. The van der Waals surface area contributed by atoms with Crippen LogP contribution in [0.1, 0.15) is 19.3 Å². The van der Waals surface area contributed by atoms with E-state index in [2.05, 4.69) is 5.32 Å². The third-order valence-electron chi connectivity index (χ3n) is 4.58. The second kappa shape index (κ2) is 5.91. The van der Waals surface area contributed by atoms with Gasteiger partial charge < -0.3 is 11.1 Å². The summed E-state index contributed by atoms with van der Waals surface area (Å²) in [5.74, 6) is -0.972. The normalized spacial score (nSPS) is 20.7. The summed E-state index contributed by atoms with van der Waals surface area (Å²) in [6.45, 7) is -0.0673. The van der Waals surface area contributed by atoms with Gasteiger partial charge in [0.15, 0.2) is 0 Å². The smallest absolute Gasteiger partial charge is 0.329 e. The second-order valence-corrected chi connectivity index (χ2v) is 6.03. The molecule has 1 fully saturated rings. The van der Waals surface area contributed by atoms with Gasteiger partial charge in [0, 0.05) is 13.1 Å². The Kier molecular flexibility index (Phi) is 3.94. The lowest BCUT2D eigenvalue weighted by Gasteiger charge is -2.18. The number of fused-ring (bicyclic) bond motifs is 1. The third-order valence-corrected chi connectivity index (χ3v) is 4.58. The van der Waals surface area contributed by atoms with E-state index in [1.54, 1.807) is 7.05 Å². The number of aryl methyl sites for hydroxylation is 1. The molecule has 0 radical (unpaired) electrons. The number of carbonyl (C=O) groups excluding carboxylic acids is 2. The van der Waals surface area contributed by atoms with Crippen molar-refractivity contribution in [1.82, 2.24) is 14.5 Å². The summed E-state index contributed by atoms with van der Waals surface area (Å²) < 4.78 is 2.96. The van der Waals surface area contributed by atoms with Crippen LogP contribution in [0.5, 0.6) is 0 Å². The van der Waals surface area contributed by atoms with Crippen LogP contribution in [0.4, 0.5) is 0 Å². The predicted molar refractivity (Wildman–Crippen MR) is 85.6 cm³/mol. The number of amides is 2. The zero-order chi connectivity index (χ0) is 16.6. The van der Waals surface area contributed by atoms with Crippen LogP contribution in [0.25, 0.3) is 11.0 Å². The average Bonchev–Trinajstić information content (AvgIpc) is 3.07. The van der Waals surface area contributed by atoms with Crippen LogP contribution in [0, 0.1) is 5.92 Å². The number of imidazole rings is 1. The molecule has 1 aromatic heterocycles. The maximum Gasteiger partial charge on any atom is 0.329 e. The van der Waals surface area contributed by atoms with Crippen LogP contribution in [0.3, 0.4) is 0 Å². The number of benzene rings is 1. The monoisotopic (exact) mass is 316 g/mol. The quantitative estimate of drug-likeness (QED) is 0.837. The lowest BCUT2D eigenvalue weighted by atomic mass is 10.0. The van der Waals surface area contributed by atoms with Crippen molar-refractivity contribution in [1.29, 1.82) is 0 Å². The molecule has 0 bridgehead atoms. The molecule has 7 nitrogen and oxygen atoms in total. The van der Waals surface area contributed by atoms with Crippen molar-refractivity contribution in [2.45, 2.75) is 31.8 Å². The Bertz CT molecular complexity index is 820. The SMILES string of the molecule is Cn1c(=O)n(CC(=O)N[C@H]2CCC[C@H]2C(N)=O)c2ccccc21. The average molecular weight is 316 g/mol. The highest BCUT2D eigenvalue weighted by molar-refractivity contribution is 5.82. The van der Waals surface area contributed by atoms with Gasteiger partial charge in [-0.2, -0.15) is 0 Å². The molecule has 0 aliphatic heterocycles. The van der Waals surface area contributed by atoms with E-state index >= 15 is 0 Å².